The minimum Gasteiger partial charge on any atom is -0.326 e. The lowest BCUT2D eigenvalue weighted by Gasteiger charge is -2.08. The van der Waals surface area contributed by atoms with Crippen molar-refractivity contribution in [2.24, 2.45) is 5.10 Å². The summed E-state index contributed by atoms with van der Waals surface area (Å²) in [5.74, 6) is -0.486. The maximum atomic E-state index is 12.0. The van der Waals surface area contributed by atoms with Crippen LogP contribution in [0.2, 0.25) is 0 Å². The van der Waals surface area contributed by atoms with Gasteiger partial charge in [-0.05, 0) is 44.0 Å². The van der Waals surface area contributed by atoms with Gasteiger partial charge in [-0.3, -0.25) is 9.59 Å². The van der Waals surface area contributed by atoms with Crippen LogP contribution in [0.5, 0.6) is 0 Å². The summed E-state index contributed by atoms with van der Waals surface area (Å²) >= 11 is 0. The van der Waals surface area contributed by atoms with Gasteiger partial charge in [0.05, 0.1) is 5.71 Å². The lowest BCUT2D eigenvalue weighted by molar-refractivity contribution is -0.124. The van der Waals surface area contributed by atoms with Gasteiger partial charge in [-0.2, -0.15) is 5.10 Å². The Morgan fingerprint density at radius 2 is 1.70 bits per heavy atom. The van der Waals surface area contributed by atoms with Crippen molar-refractivity contribution in [1.29, 1.82) is 0 Å². The van der Waals surface area contributed by atoms with Crippen molar-refractivity contribution in [3.8, 4) is 0 Å². The highest BCUT2D eigenvalue weighted by atomic mass is 16.2. The fraction of sp³-hybridized carbons (Fsp3) is 0.227. The third-order valence-corrected chi connectivity index (χ3v) is 3.91. The maximum absolute atomic E-state index is 12.0. The number of hydrogen-bond donors (Lipinski definition) is 2. The Hall–Kier alpha value is -3.21. The lowest BCUT2D eigenvalue weighted by Crippen LogP contribution is -2.21. The fourth-order valence-electron chi connectivity index (χ4n) is 2.42. The van der Waals surface area contributed by atoms with Crippen LogP contribution in [0.3, 0.4) is 0 Å². The van der Waals surface area contributed by atoms with E-state index >= 15 is 0 Å². The van der Waals surface area contributed by atoms with Crippen molar-refractivity contribution in [2.45, 2.75) is 33.6 Å². The van der Waals surface area contributed by atoms with Crippen molar-refractivity contribution < 1.29 is 9.59 Å². The molecule has 0 aromatic heterocycles. The number of amides is 2. The summed E-state index contributed by atoms with van der Waals surface area (Å²) in [5, 5.41) is 6.85. The molecule has 2 aromatic carbocycles. The quantitative estimate of drug-likeness (QED) is 0.571. The summed E-state index contributed by atoms with van der Waals surface area (Å²) in [6.07, 6.45) is 3.92. The van der Waals surface area contributed by atoms with Crippen molar-refractivity contribution in [3.05, 3.63) is 71.3 Å². The normalized spacial score (nSPS) is 11.4. The summed E-state index contributed by atoms with van der Waals surface area (Å²) in [5.41, 5.74) is 7.11. The Bertz CT molecular complexity index is 855. The monoisotopic (exact) mass is 363 g/mol. The van der Waals surface area contributed by atoms with Gasteiger partial charge in [0.2, 0.25) is 11.8 Å². The Labute approximate surface area is 160 Å². The van der Waals surface area contributed by atoms with Crippen LogP contribution >= 0.6 is 0 Å². The maximum Gasteiger partial charge on any atom is 0.240 e. The number of nitrogens with zero attached hydrogens (tertiary/aromatic N) is 1. The first-order chi connectivity index (χ1) is 12.9. The van der Waals surface area contributed by atoms with E-state index < -0.39 is 0 Å². The molecule has 0 bridgehead atoms. The molecule has 0 spiro atoms. The van der Waals surface area contributed by atoms with Crippen LogP contribution in [0.15, 0.2) is 59.7 Å². The van der Waals surface area contributed by atoms with Gasteiger partial charge in [0.15, 0.2) is 0 Å². The van der Waals surface area contributed by atoms with Crippen LogP contribution in [0.4, 0.5) is 5.69 Å². The van der Waals surface area contributed by atoms with E-state index in [0.717, 1.165) is 22.4 Å². The smallest absolute Gasteiger partial charge is 0.240 e. The number of aryl methyl sites for hydroxylation is 2. The summed E-state index contributed by atoms with van der Waals surface area (Å²) in [6, 6.07) is 15.6. The van der Waals surface area contributed by atoms with Crippen molar-refractivity contribution in [2.75, 3.05) is 5.32 Å². The molecular formula is C22H25N3O2. The third-order valence-electron chi connectivity index (χ3n) is 3.91. The number of allylic oxidation sites excluding steroid dienone is 1. The second-order valence-corrected chi connectivity index (χ2v) is 6.40. The highest BCUT2D eigenvalue weighted by Crippen LogP contribution is 2.16. The standard InChI is InChI=1S/C22H25N3O2/c1-16-9-12-20(17(2)15-16)23-21(26)13-14-22(27)25-24-18(3)10-11-19-7-5-4-6-8-19/h4-12,15H,13-14H2,1-3H3,(H,23,26)(H,25,27)/b11-10-,24-18+. The number of anilines is 1. The first-order valence-electron chi connectivity index (χ1n) is 8.87. The average molecular weight is 363 g/mol. The fourth-order valence-corrected chi connectivity index (χ4v) is 2.42. The Balaban J connectivity index is 1.76. The first-order valence-corrected chi connectivity index (χ1v) is 8.87. The third kappa shape index (κ3) is 7.28. The van der Waals surface area contributed by atoms with Gasteiger partial charge in [-0.15, -0.1) is 0 Å². The zero-order chi connectivity index (χ0) is 19.6. The molecule has 140 valence electrons. The molecular weight excluding hydrogens is 338 g/mol. The van der Waals surface area contributed by atoms with E-state index in [1.807, 2.05) is 74.5 Å². The molecule has 2 aromatic rings. The van der Waals surface area contributed by atoms with E-state index in [4.69, 9.17) is 0 Å². The van der Waals surface area contributed by atoms with E-state index in [2.05, 4.69) is 15.8 Å². The van der Waals surface area contributed by atoms with Crippen molar-refractivity contribution in [1.82, 2.24) is 5.43 Å². The molecule has 5 heteroatoms. The molecule has 0 aliphatic carbocycles. The predicted octanol–water partition coefficient (Wildman–Crippen LogP) is 4.23. The molecule has 0 aliphatic rings. The topological polar surface area (TPSA) is 70.6 Å². The zero-order valence-corrected chi connectivity index (χ0v) is 16.0. The van der Waals surface area contributed by atoms with E-state index in [9.17, 15) is 9.59 Å². The average Bonchev–Trinajstić information content (AvgIpc) is 2.66. The number of hydrazone groups is 1. The van der Waals surface area contributed by atoms with Crippen LogP contribution in [-0.2, 0) is 9.59 Å². The van der Waals surface area contributed by atoms with Gasteiger partial charge in [-0.1, -0.05) is 54.1 Å². The van der Waals surface area contributed by atoms with Gasteiger partial charge in [0.1, 0.15) is 0 Å². The number of nitrogens with one attached hydrogen (secondary N) is 2. The molecule has 0 saturated heterocycles. The Morgan fingerprint density at radius 1 is 1.00 bits per heavy atom. The van der Waals surface area contributed by atoms with Crippen molar-refractivity contribution >= 4 is 29.3 Å². The minimum absolute atomic E-state index is 0.0793. The summed E-state index contributed by atoms with van der Waals surface area (Å²) < 4.78 is 0. The van der Waals surface area contributed by atoms with Gasteiger partial charge < -0.3 is 5.32 Å². The lowest BCUT2D eigenvalue weighted by atomic mass is 10.1. The molecule has 0 atom stereocenters. The van der Waals surface area contributed by atoms with Crippen LogP contribution in [0.1, 0.15) is 36.5 Å². The molecule has 0 unspecified atom stereocenters. The van der Waals surface area contributed by atoms with Crippen LogP contribution in [-0.4, -0.2) is 17.5 Å². The van der Waals surface area contributed by atoms with E-state index in [-0.39, 0.29) is 24.7 Å². The highest BCUT2D eigenvalue weighted by molar-refractivity contribution is 5.97. The second-order valence-electron chi connectivity index (χ2n) is 6.40. The SMILES string of the molecule is CC(/C=C\c1ccccc1)=N\NC(=O)CCC(=O)Nc1ccc(C)cc1C. The van der Waals surface area contributed by atoms with Gasteiger partial charge >= 0.3 is 0 Å². The molecule has 0 saturated carbocycles. The van der Waals surface area contributed by atoms with Crippen LogP contribution < -0.4 is 10.7 Å². The second kappa shape index (κ2) is 10.1. The minimum atomic E-state index is -0.293. The molecule has 0 fully saturated rings. The number of rotatable bonds is 7. The molecule has 2 N–H and O–H groups in total. The molecule has 5 nitrogen and oxygen atoms in total. The molecule has 27 heavy (non-hydrogen) atoms. The molecule has 2 amide bonds. The first kappa shape index (κ1) is 20.1. The summed E-state index contributed by atoms with van der Waals surface area (Å²) in [6.45, 7) is 5.74. The van der Waals surface area contributed by atoms with E-state index in [0.29, 0.717) is 5.71 Å². The van der Waals surface area contributed by atoms with E-state index in [1.54, 1.807) is 6.92 Å². The molecule has 0 radical (unpaired) electrons. The van der Waals surface area contributed by atoms with Crippen LogP contribution in [0, 0.1) is 13.8 Å². The Kier molecular flexibility index (Phi) is 7.49. The number of hydrogen-bond acceptors (Lipinski definition) is 3. The van der Waals surface area contributed by atoms with Gasteiger partial charge in [0.25, 0.3) is 0 Å². The summed E-state index contributed by atoms with van der Waals surface area (Å²) in [4.78, 5) is 23.9. The van der Waals surface area contributed by atoms with Crippen LogP contribution in [0.25, 0.3) is 6.08 Å². The number of benzene rings is 2. The summed E-state index contributed by atoms with van der Waals surface area (Å²) in [7, 11) is 0. The van der Waals surface area contributed by atoms with Gasteiger partial charge in [0, 0.05) is 18.5 Å². The van der Waals surface area contributed by atoms with Crippen molar-refractivity contribution in [3.63, 3.8) is 0 Å². The molecule has 2 rings (SSSR count). The molecule has 0 heterocycles. The number of carbonyl (C=O) groups is 2. The van der Waals surface area contributed by atoms with E-state index in [1.165, 1.54) is 0 Å². The Morgan fingerprint density at radius 3 is 2.41 bits per heavy atom. The number of carbonyl (C=O) groups excluding carboxylic acids is 2. The zero-order valence-electron chi connectivity index (χ0n) is 16.0. The molecule has 0 aliphatic heterocycles. The van der Waals surface area contributed by atoms with Gasteiger partial charge in [-0.25, -0.2) is 5.43 Å². The highest BCUT2D eigenvalue weighted by Gasteiger charge is 2.08. The predicted molar refractivity (Wildman–Crippen MR) is 111 cm³/mol. The largest absolute Gasteiger partial charge is 0.326 e.